The predicted octanol–water partition coefficient (Wildman–Crippen LogP) is 4.40. The number of rotatable bonds is 4. The minimum atomic E-state index is -0.0295. The maximum Gasteiger partial charge on any atom is 0.242 e. The van der Waals surface area contributed by atoms with Gasteiger partial charge in [0.2, 0.25) is 5.91 Å². The minimum Gasteiger partial charge on any atom is -0.352 e. The summed E-state index contributed by atoms with van der Waals surface area (Å²) in [4.78, 5) is 16.9. The van der Waals surface area contributed by atoms with Crippen LogP contribution in [0.5, 0.6) is 0 Å². The molecule has 1 aromatic heterocycles. The normalized spacial score (nSPS) is 15.8. The summed E-state index contributed by atoms with van der Waals surface area (Å²) < 4.78 is 1.63. The highest BCUT2D eigenvalue weighted by atomic mass is 35.5. The molecule has 0 aliphatic heterocycles. The predicted molar refractivity (Wildman–Crippen MR) is 99.8 cm³/mol. The number of nitrogens with zero attached hydrogens (tertiary/aromatic N) is 3. The van der Waals surface area contributed by atoms with E-state index in [0.29, 0.717) is 21.7 Å². The molecule has 1 heterocycles. The van der Waals surface area contributed by atoms with E-state index in [1.165, 1.54) is 25.7 Å². The number of amides is 1. The Kier molecular flexibility index (Phi) is 5.97. The number of aryl methyl sites for hydroxylation is 1. The molecule has 0 radical (unpaired) electrons. The molecule has 1 N–H and O–H groups in total. The lowest BCUT2D eigenvalue weighted by Gasteiger charge is -2.16. The number of nitrogens with one attached hydrogen (secondary N) is 1. The van der Waals surface area contributed by atoms with Crippen LogP contribution in [0, 0.1) is 6.92 Å². The van der Waals surface area contributed by atoms with Crippen molar-refractivity contribution in [3.8, 4) is 11.4 Å². The second-order valence-corrected chi connectivity index (χ2v) is 7.34. The molecule has 0 unspecified atom stereocenters. The van der Waals surface area contributed by atoms with E-state index in [1.54, 1.807) is 23.7 Å². The van der Waals surface area contributed by atoms with Gasteiger partial charge in [-0.25, -0.2) is 9.67 Å². The van der Waals surface area contributed by atoms with Crippen LogP contribution in [0.25, 0.3) is 11.4 Å². The van der Waals surface area contributed by atoms with E-state index >= 15 is 0 Å². The van der Waals surface area contributed by atoms with E-state index in [9.17, 15) is 4.79 Å². The number of halogens is 2. The molecule has 7 heteroatoms. The van der Waals surface area contributed by atoms with Gasteiger partial charge in [0.1, 0.15) is 12.4 Å². The quantitative estimate of drug-likeness (QED) is 0.799. The molecule has 0 saturated heterocycles. The monoisotopic (exact) mass is 380 g/mol. The van der Waals surface area contributed by atoms with Gasteiger partial charge in [-0.1, -0.05) is 48.9 Å². The van der Waals surface area contributed by atoms with Crippen LogP contribution < -0.4 is 5.32 Å². The fraction of sp³-hybridized carbons (Fsp3) is 0.500. The molecular formula is C18H22Cl2N4O. The van der Waals surface area contributed by atoms with Crippen molar-refractivity contribution in [2.45, 2.75) is 58.0 Å². The lowest BCUT2D eigenvalue weighted by Crippen LogP contribution is -2.37. The van der Waals surface area contributed by atoms with E-state index in [0.717, 1.165) is 18.4 Å². The summed E-state index contributed by atoms with van der Waals surface area (Å²) in [6.45, 7) is 1.95. The fourth-order valence-corrected chi connectivity index (χ4v) is 3.55. The van der Waals surface area contributed by atoms with E-state index < -0.39 is 0 Å². The van der Waals surface area contributed by atoms with Crippen LogP contribution in [0.3, 0.4) is 0 Å². The van der Waals surface area contributed by atoms with Crippen molar-refractivity contribution >= 4 is 29.1 Å². The van der Waals surface area contributed by atoms with Gasteiger partial charge in [-0.2, -0.15) is 5.10 Å². The van der Waals surface area contributed by atoms with E-state index in [4.69, 9.17) is 23.2 Å². The van der Waals surface area contributed by atoms with Crippen LogP contribution in [-0.4, -0.2) is 26.7 Å². The molecule has 5 nitrogen and oxygen atoms in total. The van der Waals surface area contributed by atoms with Gasteiger partial charge in [-0.05, 0) is 38.0 Å². The first kappa shape index (κ1) is 18.2. The highest BCUT2D eigenvalue weighted by Crippen LogP contribution is 2.27. The van der Waals surface area contributed by atoms with Gasteiger partial charge in [0.25, 0.3) is 0 Å². The topological polar surface area (TPSA) is 59.8 Å². The Morgan fingerprint density at radius 3 is 2.60 bits per heavy atom. The van der Waals surface area contributed by atoms with Gasteiger partial charge in [0, 0.05) is 11.6 Å². The highest BCUT2D eigenvalue weighted by Gasteiger charge is 2.18. The number of benzene rings is 1. The Labute approximate surface area is 157 Å². The lowest BCUT2D eigenvalue weighted by molar-refractivity contribution is -0.122. The number of carbonyl (C=O) groups excluding carboxylic acids is 1. The Hall–Kier alpha value is -1.59. The van der Waals surface area contributed by atoms with Crippen LogP contribution in [0.1, 0.15) is 44.3 Å². The summed E-state index contributed by atoms with van der Waals surface area (Å²) in [6.07, 6.45) is 7.00. The molecule has 1 aliphatic rings. The third-order valence-electron chi connectivity index (χ3n) is 4.47. The number of hydrogen-bond donors (Lipinski definition) is 1. The molecule has 0 atom stereocenters. The maximum absolute atomic E-state index is 12.5. The zero-order valence-electron chi connectivity index (χ0n) is 14.3. The SMILES string of the molecule is Cc1nc(-c2ccc(Cl)c(Cl)c2)n(CC(=O)NC2CCCCCC2)n1. The molecule has 0 bridgehead atoms. The maximum atomic E-state index is 12.5. The van der Waals surface area contributed by atoms with Crippen molar-refractivity contribution in [3.63, 3.8) is 0 Å². The summed E-state index contributed by atoms with van der Waals surface area (Å²) in [5, 5.41) is 8.44. The number of hydrogen-bond acceptors (Lipinski definition) is 3. The molecule has 25 heavy (non-hydrogen) atoms. The summed E-state index contributed by atoms with van der Waals surface area (Å²) in [5.41, 5.74) is 0.789. The van der Waals surface area contributed by atoms with Gasteiger partial charge in [-0.3, -0.25) is 4.79 Å². The lowest BCUT2D eigenvalue weighted by atomic mass is 10.1. The van der Waals surface area contributed by atoms with Crippen LogP contribution >= 0.6 is 23.2 Å². The molecule has 1 saturated carbocycles. The summed E-state index contributed by atoms with van der Waals surface area (Å²) in [7, 11) is 0. The Morgan fingerprint density at radius 2 is 1.92 bits per heavy atom. The van der Waals surface area contributed by atoms with Gasteiger partial charge in [0.15, 0.2) is 5.82 Å². The fourth-order valence-electron chi connectivity index (χ4n) is 3.25. The molecule has 3 rings (SSSR count). The first-order valence-corrected chi connectivity index (χ1v) is 9.45. The van der Waals surface area contributed by atoms with Crippen molar-refractivity contribution in [2.75, 3.05) is 0 Å². The molecule has 1 aromatic carbocycles. The van der Waals surface area contributed by atoms with Gasteiger partial charge >= 0.3 is 0 Å². The van der Waals surface area contributed by atoms with Crippen LogP contribution in [0.4, 0.5) is 0 Å². The average Bonchev–Trinajstić information content (AvgIpc) is 2.77. The number of carbonyl (C=O) groups is 1. The Bertz CT molecular complexity index is 752. The zero-order valence-corrected chi connectivity index (χ0v) is 15.8. The molecule has 134 valence electrons. The minimum absolute atomic E-state index is 0.0295. The smallest absolute Gasteiger partial charge is 0.242 e. The first-order valence-electron chi connectivity index (χ1n) is 8.69. The molecule has 1 fully saturated rings. The van der Waals surface area contributed by atoms with E-state index in [-0.39, 0.29) is 18.5 Å². The summed E-state index contributed by atoms with van der Waals surface area (Å²) >= 11 is 12.1. The molecule has 1 aliphatic carbocycles. The second-order valence-electron chi connectivity index (χ2n) is 6.53. The van der Waals surface area contributed by atoms with Gasteiger partial charge in [-0.15, -0.1) is 0 Å². The molecule has 0 spiro atoms. The summed E-state index contributed by atoms with van der Waals surface area (Å²) in [5.74, 6) is 1.20. The van der Waals surface area contributed by atoms with Crippen LogP contribution in [-0.2, 0) is 11.3 Å². The van der Waals surface area contributed by atoms with Crippen molar-refractivity contribution in [3.05, 3.63) is 34.1 Å². The summed E-state index contributed by atoms with van der Waals surface area (Å²) in [6, 6.07) is 5.57. The van der Waals surface area contributed by atoms with Crippen LogP contribution in [0.2, 0.25) is 10.0 Å². The van der Waals surface area contributed by atoms with Gasteiger partial charge in [0.05, 0.1) is 10.0 Å². The molecular weight excluding hydrogens is 359 g/mol. The number of aromatic nitrogens is 3. The molecule has 1 amide bonds. The van der Waals surface area contributed by atoms with E-state index in [2.05, 4.69) is 15.4 Å². The second kappa shape index (κ2) is 8.19. The third kappa shape index (κ3) is 4.73. The highest BCUT2D eigenvalue weighted by molar-refractivity contribution is 6.42. The van der Waals surface area contributed by atoms with E-state index in [1.807, 2.05) is 6.07 Å². The average molecular weight is 381 g/mol. The van der Waals surface area contributed by atoms with Crippen LogP contribution in [0.15, 0.2) is 18.2 Å². The Balaban J connectivity index is 1.74. The van der Waals surface area contributed by atoms with Crippen molar-refractivity contribution in [1.82, 2.24) is 20.1 Å². The van der Waals surface area contributed by atoms with Gasteiger partial charge < -0.3 is 5.32 Å². The zero-order chi connectivity index (χ0) is 17.8. The Morgan fingerprint density at radius 1 is 1.20 bits per heavy atom. The third-order valence-corrected chi connectivity index (χ3v) is 5.21. The van der Waals surface area contributed by atoms with Crippen molar-refractivity contribution < 1.29 is 4.79 Å². The largest absolute Gasteiger partial charge is 0.352 e. The standard InChI is InChI=1S/C18H22Cl2N4O/c1-12-21-18(13-8-9-15(19)16(20)10-13)24(23-12)11-17(25)22-14-6-4-2-3-5-7-14/h8-10,14H,2-7,11H2,1H3,(H,22,25). The van der Waals surface area contributed by atoms with Crippen molar-refractivity contribution in [1.29, 1.82) is 0 Å². The molecule has 2 aromatic rings. The first-order chi connectivity index (χ1) is 12.0. The van der Waals surface area contributed by atoms with Crippen molar-refractivity contribution in [2.24, 2.45) is 0 Å².